The molecule has 24 heavy (non-hydrogen) atoms. The zero-order chi connectivity index (χ0) is 17.5. The molecule has 3 N–H and O–H groups in total. The normalized spacial score (nSPS) is 25.5. The summed E-state index contributed by atoms with van der Waals surface area (Å²) in [5.74, 6) is 1.99. The maximum atomic E-state index is 11.2. The number of rotatable bonds is 5. The van der Waals surface area contributed by atoms with Crippen molar-refractivity contribution in [3.63, 3.8) is 0 Å². The molecular weight excluding hydrogens is 302 g/mol. The van der Waals surface area contributed by atoms with E-state index in [1.165, 1.54) is 25.9 Å². The van der Waals surface area contributed by atoms with Crippen LogP contribution in [0.3, 0.4) is 0 Å². The maximum absolute atomic E-state index is 11.2. The summed E-state index contributed by atoms with van der Waals surface area (Å²) in [6.07, 6.45) is 5.27. The Morgan fingerprint density at radius 3 is 2.62 bits per heavy atom. The fraction of sp³-hybridized carbons (Fsp3) is 0.889. The molecule has 6 heteroatoms. The number of likely N-dealkylation sites (tertiary alicyclic amines) is 2. The molecule has 2 saturated heterocycles. The van der Waals surface area contributed by atoms with Crippen LogP contribution in [0.2, 0.25) is 0 Å². The Kier molecular flexibility index (Phi) is 7.34. The van der Waals surface area contributed by atoms with Crippen LogP contribution in [0.4, 0.5) is 0 Å². The largest absolute Gasteiger partial charge is 0.370 e. The van der Waals surface area contributed by atoms with E-state index >= 15 is 0 Å². The Morgan fingerprint density at radius 1 is 1.29 bits per heavy atom. The Hall–Kier alpha value is -1.30. The second-order valence-electron chi connectivity index (χ2n) is 7.62. The second-order valence-corrected chi connectivity index (χ2v) is 7.62. The van der Waals surface area contributed by atoms with E-state index in [-0.39, 0.29) is 5.91 Å². The molecule has 2 fully saturated rings. The molecule has 0 spiro atoms. The number of hydrogen-bond acceptors (Lipinski definition) is 3. The van der Waals surface area contributed by atoms with Gasteiger partial charge in [-0.15, -0.1) is 0 Å². The van der Waals surface area contributed by atoms with Crippen molar-refractivity contribution in [3.05, 3.63) is 0 Å². The van der Waals surface area contributed by atoms with Crippen molar-refractivity contribution in [2.24, 2.45) is 22.6 Å². The number of amides is 1. The van der Waals surface area contributed by atoms with Crippen molar-refractivity contribution in [1.29, 1.82) is 0 Å². The minimum atomic E-state index is -0.197. The number of nitrogens with one attached hydrogen (secondary N) is 1. The van der Waals surface area contributed by atoms with Gasteiger partial charge in [0.2, 0.25) is 5.91 Å². The molecule has 0 aromatic carbocycles. The lowest BCUT2D eigenvalue weighted by Crippen LogP contribution is -2.51. The number of aliphatic imine (C=N–C) groups is 1. The van der Waals surface area contributed by atoms with Gasteiger partial charge in [0.1, 0.15) is 0 Å². The van der Waals surface area contributed by atoms with Crippen LogP contribution in [0.5, 0.6) is 0 Å². The number of nitrogens with two attached hydrogens (primary N) is 1. The van der Waals surface area contributed by atoms with Crippen LogP contribution in [-0.4, -0.2) is 67.5 Å². The van der Waals surface area contributed by atoms with Crippen molar-refractivity contribution >= 4 is 11.9 Å². The third-order valence-electron chi connectivity index (χ3n) is 5.52. The van der Waals surface area contributed by atoms with E-state index in [9.17, 15) is 4.79 Å². The highest BCUT2D eigenvalue weighted by Gasteiger charge is 2.25. The SMILES string of the molecule is CN=C(NCC(C)N1CCC(C)CC1)N1CCCC(CC(N)=O)C1. The van der Waals surface area contributed by atoms with Crippen molar-refractivity contribution < 1.29 is 4.79 Å². The molecule has 0 radical (unpaired) electrons. The van der Waals surface area contributed by atoms with Crippen molar-refractivity contribution in [2.45, 2.75) is 52.0 Å². The van der Waals surface area contributed by atoms with Crippen LogP contribution in [-0.2, 0) is 4.79 Å². The van der Waals surface area contributed by atoms with Gasteiger partial charge in [0.05, 0.1) is 0 Å². The molecule has 2 aliphatic rings. The van der Waals surface area contributed by atoms with Gasteiger partial charge in [-0.05, 0) is 57.5 Å². The highest BCUT2D eigenvalue weighted by atomic mass is 16.1. The van der Waals surface area contributed by atoms with Crippen molar-refractivity contribution in [1.82, 2.24) is 15.1 Å². The molecule has 0 bridgehead atoms. The third kappa shape index (κ3) is 5.65. The number of carbonyl (C=O) groups is 1. The average molecular weight is 338 g/mol. The lowest BCUT2D eigenvalue weighted by molar-refractivity contribution is -0.119. The minimum Gasteiger partial charge on any atom is -0.370 e. The molecule has 6 nitrogen and oxygen atoms in total. The van der Waals surface area contributed by atoms with Crippen LogP contribution >= 0.6 is 0 Å². The molecule has 1 amide bonds. The Labute approximate surface area is 146 Å². The summed E-state index contributed by atoms with van der Waals surface area (Å²) >= 11 is 0. The molecule has 0 saturated carbocycles. The maximum Gasteiger partial charge on any atom is 0.217 e. The molecule has 2 heterocycles. The summed E-state index contributed by atoms with van der Waals surface area (Å²) in [5, 5.41) is 3.54. The summed E-state index contributed by atoms with van der Waals surface area (Å²) in [4.78, 5) is 20.5. The second kappa shape index (κ2) is 9.25. The van der Waals surface area contributed by atoms with E-state index in [1.54, 1.807) is 0 Å². The van der Waals surface area contributed by atoms with E-state index in [4.69, 9.17) is 5.73 Å². The van der Waals surface area contributed by atoms with E-state index < -0.39 is 0 Å². The zero-order valence-electron chi connectivity index (χ0n) is 15.6. The van der Waals surface area contributed by atoms with Crippen LogP contribution in [0.15, 0.2) is 4.99 Å². The topological polar surface area (TPSA) is 74.0 Å². The van der Waals surface area contributed by atoms with Gasteiger partial charge in [0.25, 0.3) is 0 Å². The van der Waals surface area contributed by atoms with Crippen LogP contribution in [0.1, 0.15) is 46.0 Å². The molecule has 2 unspecified atom stereocenters. The summed E-state index contributed by atoms with van der Waals surface area (Å²) in [6, 6.07) is 0.514. The average Bonchev–Trinajstić information content (AvgIpc) is 2.55. The summed E-state index contributed by atoms with van der Waals surface area (Å²) < 4.78 is 0. The summed E-state index contributed by atoms with van der Waals surface area (Å²) in [5.41, 5.74) is 5.36. The first-order valence-corrected chi connectivity index (χ1v) is 9.47. The molecule has 2 aliphatic heterocycles. The van der Waals surface area contributed by atoms with Gasteiger partial charge in [0.15, 0.2) is 5.96 Å². The van der Waals surface area contributed by atoms with Crippen molar-refractivity contribution in [3.8, 4) is 0 Å². The van der Waals surface area contributed by atoms with Gasteiger partial charge in [-0.2, -0.15) is 0 Å². The van der Waals surface area contributed by atoms with E-state index in [0.717, 1.165) is 44.4 Å². The monoisotopic (exact) mass is 337 g/mol. The number of piperidine rings is 2. The predicted molar refractivity (Wildman–Crippen MR) is 98.9 cm³/mol. The number of guanidine groups is 1. The molecular formula is C18H35N5O. The Bertz CT molecular complexity index is 431. The summed E-state index contributed by atoms with van der Waals surface area (Å²) in [6.45, 7) is 9.84. The first-order chi connectivity index (χ1) is 11.5. The fourth-order valence-corrected chi connectivity index (χ4v) is 3.88. The predicted octanol–water partition coefficient (Wildman–Crippen LogP) is 1.27. The van der Waals surface area contributed by atoms with Gasteiger partial charge in [0, 0.05) is 39.1 Å². The lowest BCUT2D eigenvalue weighted by atomic mass is 9.95. The van der Waals surface area contributed by atoms with Gasteiger partial charge in [-0.1, -0.05) is 6.92 Å². The quantitative estimate of drug-likeness (QED) is 0.585. The molecule has 2 rings (SSSR count). The van der Waals surface area contributed by atoms with Gasteiger partial charge >= 0.3 is 0 Å². The fourth-order valence-electron chi connectivity index (χ4n) is 3.88. The molecule has 2 atom stereocenters. The smallest absolute Gasteiger partial charge is 0.217 e. The van der Waals surface area contributed by atoms with Crippen LogP contribution < -0.4 is 11.1 Å². The van der Waals surface area contributed by atoms with Gasteiger partial charge < -0.3 is 16.0 Å². The third-order valence-corrected chi connectivity index (χ3v) is 5.52. The van der Waals surface area contributed by atoms with E-state index in [2.05, 4.69) is 34.0 Å². The number of primary amides is 1. The number of hydrogen-bond donors (Lipinski definition) is 2. The number of carbonyl (C=O) groups excluding carboxylic acids is 1. The summed E-state index contributed by atoms with van der Waals surface area (Å²) in [7, 11) is 1.84. The molecule has 0 aromatic rings. The molecule has 0 aromatic heterocycles. The number of nitrogens with zero attached hydrogens (tertiary/aromatic N) is 3. The highest BCUT2D eigenvalue weighted by Crippen LogP contribution is 2.20. The zero-order valence-corrected chi connectivity index (χ0v) is 15.6. The Morgan fingerprint density at radius 2 is 2.00 bits per heavy atom. The van der Waals surface area contributed by atoms with E-state index in [1.807, 2.05) is 7.05 Å². The minimum absolute atomic E-state index is 0.197. The first kappa shape index (κ1) is 19.0. The highest BCUT2D eigenvalue weighted by molar-refractivity contribution is 5.80. The van der Waals surface area contributed by atoms with Crippen LogP contribution in [0.25, 0.3) is 0 Å². The standard InChI is InChI=1S/C18H35N5O/c1-14-6-9-22(10-7-14)15(2)12-21-18(20-3)23-8-4-5-16(13-23)11-17(19)24/h14-16H,4-13H2,1-3H3,(H2,19,24)(H,20,21). The molecule has 138 valence electrons. The van der Waals surface area contributed by atoms with Crippen LogP contribution in [0, 0.1) is 11.8 Å². The Balaban J connectivity index is 1.80. The molecule has 0 aliphatic carbocycles. The van der Waals surface area contributed by atoms with Crippen molar-refractivity contribution in [2.75, 3.05) is 39.8 Å². The van der Waals surface area contributed by atoms with Gasteiger partial charge in [-0.3, -0.25) is 14.7 Å². The van der Waals surface area contributed by atoms with Gasteiger partial charge in [-0.25, -0.2) is 0 Å². The van der Waals surface area contributed by atoms with E-state index in [0.29, 0.717) is 18.4 Å². The first-order valence-electron chi connectivity index (χ1n) is 9.47. The lowest BCUT2D eigenvalue weighted by Gasteiger charge is -2.37.